The van der Waals surface area contributed by atoms with E-state index in [0.29, 0.717) is 28.4 Å². The molecule has 4 nitrogen and oxygen atoms in total. The SMILES string of the molecule is COc1ccc2c(ccc3c(-c4ccccc4F)nn(-c4ccc(F)cc4)c32)c1OC. The van der Waals surface area contributed by atoms with Crippen LogP contribution >= 0.6 is 0 Å². The van der Waals surface area contributed by atoms with Crippen molar-refractivity contribution < 1.29 is 18.3 Å². The van der Waals surface area contributed by atoms with Gasteiger partial charge in [-0.3, -0.25) is 0 Å². The van der Waals surface area contributed by atoms with E-state index in [1.54, 1.807) is 49.2 Å². The van der Waals surface area contributed by atoms with Crippen LogP contribution in [0, 0.1) is 11.6 Å². The van der Waals surface area contributed by atoms with Gasteiger partial charge in [0, 0.05) is 21.7 Å². The second-order valence-electron chi connectivity index (χ2n) is 7.07. The van der Waals surface area contributed by atoms with Crippen molar-refractivity contribution in [2.75, 3.05) is 14.2 Å². The van der Waals surface area contributed by atoms with Gasteiger partial charge in [-0.1, -0.05) is 12.1 Å². The molecule has 0 saturated carbocycles. The maximum Gasteiger partial charge on any atom is 0.168 e. The minimum atomic E-state index is -0.361. The van der Waals surface area contributed by atoms with Gasteiger partial charge in [-0.2, -0.15) is 5.10 Å². The molecule has 0 bridgehead atoms. The maximum atomic E-state index is 14.7. The van der Waals surface area contributed by atoms with Gasteiger partial charge in [0.2, 0.25) is 0 Å². The smallest absolute Gasteiger partial charge is 0.168 e. The van der Waals surface area contributed by atoms with E-state index in [9.17, 15) is 8.78 Å². The van der Waals surface area contributed by atoms with Crippen LogP contribution in [0.4, 0.5) is 8.78 Å². The molecule has 4 aromatic carbocycles. The van der Waals surface area contributed by atoms with Gasteiger partial charge in [-0.05, 0) is 60.7 Å². The molecule has 0 spiro atoms. The van der Waals surface area contributed by atoms with E-state index in [2.05, 4.69) is 0 Å². The van der Waals surface area contributed by atoms with E-state index in [-0.39, 0.29) is 11.6 Å². The Balaban J connectivity index is 1.92. The van der Waals surface area contributed by atoms with Gasteiger partial charge in [0.25, 0.3) is 0 Å². The normalized spacial score (nSPS) is 11.2. The summed E-state index contributed by atoms with van der Waals surface area (Å²) in [6.45, 7) is 0. The highest BCUT2D eigenvalue weighted by Gasteiger charge is 2.20. The number of halogens is 2. The third kappa shape index (κ3) is 2.99. The predicted octanol–water partition coefficient (Wildman–Crippen LogP) is 6.14. The number of methoxy groups -OCH3 is 2. The van der Waals surface area contributed by atoms with Gasteiger partial charge in [-0.25, -0.2) is 13.5 Å². The van der Waals surface area contributed by atoms with Crippen molar-refractivity contribution in [2.24, 2.45) is 0 Å². The standard InChI is InChI=1S/C25H18F2N2O2/c1-30-22-14-13-17-18(25(22)31-2)11-12-20-23(19-5-3-4-6-21(19)27)28-29(24(17)20)16-9-7-15(26)8-10-16/h3-14H,1-2H3. The zero-order valence-electron chi connectivity index (χ0n) is 16.9. The Bertz CT molecular complexity index is 1430. The van der Waals surface area contributed by atoms with Gasteiger partial charge in [0.1, 0.15) is 17.3 Å². The molecular formula is C25H18F2N2O2. The molecule has 154 valence electrons. The number of aromatic nitrogens is 2. The minimum Gasteiger partial charge on any atom is -0.493 e. The topological polar surface area (TPSA) is 36.3 Å². The fourth-order valence-corrected chi connectivity index (χ4v) is 3.96. The second-order valence-corrected chi connectivity index (χ2v) is 7.07. The maximum absolute atomic E-state index is 14.7. The first-order valence-electron chi connectivity index (χ1n) is 9.69. The first kappa shape index (κ1) is 19.1. The third-order valence-electron chi connectivity index (χ3n) is 5.38. The molecule has 0 aliphatic carbocycles. The minimum absolute atomic E-state index is 0.342. The molecule has 0 atom stereocenters. The first-order valence-corrected chi connectivity index (χ1v) is 9.69. The number of benzene rings is 4. The Morgan fingerprint density at radius 1 is 0.742 bits per heavy atom. The molecule has 1 heterocycles. The van der Waals surface area contributed by atoms with E-state index < -0.39 is 0 Å². The molecule has 0 saturated heterocycles. The summed E-state index contributed by atoms with van der Waals surface area (Å²) in [5.74, 6) is 0.504. The van der Waals surface area contributed by atoms with E-state index in [0.717, 1.165) is 21.7 Å². The number of rotatable bonds is 4. The summed E-state index contributed by atoms with van der Waals surface area (Å²) in [6, 6.07) is 20.1. The molecule has 0 unspecified atom stereocenters. The molecule has 5 rings (SSSR count). The molecule has 6 heteroatoms. The number of hydrogen-bond acceptors (Lipinski definition) is 3. The Morgan fingerprint density at radius 3 is 2.16 bits per heavy atom. The van der Waals surface area contributed by atoms with Crippen LogP contribution in [0.1, 0.15) is 0 Å². The molecule has 5 aromatic rings. The van der Waals surface area contributed by atoms with Crippen LogP contribution in [0.5, 0.6) is 11.5 Å². The predicted molar refractivity (Wildman–Crippen MR) is 117 cm³/mol. The van der Waals surface area contributed by atoms with Crippen LogP contribution in [0.15, 0.2) is 72.8 Å². The molecule has 0 N–H and O–H groups in total. The van der Waals surface area contributed by atoms with Crippen LogP contribution in [-0.2, 0) is 0 Å². The van der Waals surface area contributed by atoms with Gasteiger partial charge in [0.05, 0.1) is 25.4 Å². The van der Waals surface area contributed by atoms with Gasteiger partial charge in [-0.15, -0.1) is 0 Å². The van der Waals surface area contributed by atoms with Crippen molar-refractivity contribution in [1.82, 2.24) is 9.78 Å². The lowest BCUT2D eigenvalue weighted by molar-refractivity contribution is 0.358. The number of hydrogen-bond donors (Lipinski definition) is 0. The van der Waals surface area contributed by atoms with Gasteiger partial charge in [0.15, 0.2) is 11.5 Å². The van der Waals surface area contributed by atoms with Crippen LogP contribution in [0.3, 0.4) is 0 Å². The van der Waals surface area contributed by atoms with Crippen LogP contribution < -0.4 is 9.47 Å². The van der Waals surface area contributed by atoms with Crippen LogP contribution in [0.2, 0.25) is 0 Å². The first-order chi connectivity index (χ1) is 15.1. The highest BCUT2D eigenvalue weighted by Crippen LogP contribution is 2.41. The van der Waals surface area contributed by atoms with E-state index >= 15 is 0 Å². The van der Waals surface area contributed by atoms with Gasteiger partial charge >= 0.3 is 0 Å². The fourth-order valence-electron chi connectivity index (χ4n) is 3.96. The van der Waals surface area contributed by atoms with Crippen molar-refractivity contribution in [1.29, 1.82) is 0 Å². The fraction of sp³-hybridized carbons (Fsp3) is 0.0800. The average molecular weight is 416 g/mol. The van der Waals surface area contributed by atoms with Crippen molar-refractivity contribution in [3.05, 3.63) is 84.4 Å². The summed E-state index contributed by atoms with van der Waals surface area (Å²) in [6.07, 6.45) is 0. The zero-order valence-corrected chi connectivity index (χ0v) is 16.9. The largest absolute Gasteiger partial charge is 0.493 e. The third-order valence-corrected chi connectivity index (χ3v) is 5.38. The molecule has 0 aliphatic heterocycles. The summed E-state index contributed by atoms with van der Waals surface area (Å²) in [5.41, 5.74) is 2.34. The molecule has 0 fully saturated rings. The number of nitrogens with zero attached hydrogens (tertiary/aromatic N) is 2. The summed E-state index contributed by atoms with van der Waals surface area (Å²) in [5, 5.41) is 7.21. The molecule has 0 radical (unpaired) electrons. The van der Waals surface area contributed by atoms with E-state index in [1.807, 2.05) is 24.3 Å². The Morgan fingerprint density at radius 2 is 1.45 bits per heavy atom. The molecule has 1 aromatic heterocycles. The van der Waals surface area contributed by atoms with Crippen molar-refractivity contribution >= 4 is 21.7 Å². The highest BCUT2D eigenvalue weighted by atomic mass is 19.1. The lowest BCUT2D eigenvalue weighted by Gasteiger charge is -2.12. The van der Waals surface area contributed by atoms with Crippen molar-refractivity contribution in [2.45, 2.75) is 0 Å². The lowest BCUT2D eigenvalue weighted by atomic mass is 10.0. The Labute approximate surface area is 177 Å². The van der Waals surface area contributed by atoms with Gasteiger partial charge < -0.3 is 9.47 Å². The molecular weight excluding hydrogens is 398 g/mol. The van der Waals surface area contributed by atoms with Crippen molar-refractivity contribution in [3.63, 3.8) is 0 Å². The zero-order chi connectivity index (χ0) is 21.5. The number of ether oxygens (including phenoxy) is 2. The summed E-state index contributed by atoms with van der Waals surface area (Å²) in [7, 11) is 3.17. The lowest BCUT2D eigenvalue weighted by Crippen LogP contribution is -1.98. The molecule has 0 amide bonds. The summed E-state index contributed by atoms with van der Waals surface area (Å²) < 4.78 is 41.0. The highest BCUT2D eigenvalue weighted by molar-refractivity contribution is 6.12. The van der Waals surface area contributed by atoms with Crippen LogP contribution in [-0.4, -0.2) is 24.0 Å². The average Bonchev–Trinajstić information content (AvgIpc) is 3.18. The Kier molecular flexibility index (Phi) is 4.55. The summed E-state index contributed by atoms with van der Waals surface area (Å²) in [4.78, 5) is 0. The Hall–Kier alpha value is -3.93. The monoisotopic (exact) mass is 416 g/mol. The van der Waals surface area contributed by atoms with Crippen molar-refractivity contribution in [3.8, 4) is 28.4 Å². The van der Waals surface area contributed by atoms with Crippen LogP contribution in [0.25, 0.3) is 38.6 Å². The van der Waals surface area contributed by atoms with E-state index in [4.69, 9.17) is 14.6 Å². The molecule has 0 aliphatic rings. The quantitative estimate of drug-likeness (QED) is 0.353. The summed E-state index contributed by atoms with van der Waals surface area (Å²) >= 11 is 0. The van der Waals surface area contributed by atoms with E-state index in [1.165, 1.54) is 18.2 Å². The number of fused-ring (bicyclic) bond motifs is 3. The molecule has 31 heavy (non-hydrogen) atoms. The second kappa shape index (κ2) is 7.40.